The molecule has 1 amide bonds. The highest BCUT2D eigenvalue weighted by Crippen LogP contribution is 2.25. The van der Waals surface area contributed by atoms with E-state index in [-0.39, 0.29) is 11.9 Å². The van der Waals surface area contributed by atoms with Gasteiger partial charge in [0.05, 0.1) is 17.8 Å². The molecule has 0 bridgehead atoms. The van der Waals surface area contributed by atoms with Gasteiger partial charge < -0.3 is 9.47 Å². The molecule has 0 spiro atoms. The number of aryl methyl sites for hydroxylation is 2. The predicted molar refractivity (Wildman–Crippen MR) is 91.7 cm³/mol. The molecule has 2 aromatic rings. The lowest BCUT2D eigenvalue weighted by Crippen LogP contribution is -2.51. The quantitative estimate of drug-likeness (QED) is 0.904. The average molecular weight is 330 g/mol. The molecule has 7 nitrogen and oxygen atoms in total. The smallest absolute Gasteiger partial charge is 0.257 e. The van der Waals surface area contributed by atoms with Crippen LogP contribution in [0.4, 0.5) is 0 Å². The normalized spacial score (nSPS) is 19.0. The fraction of sp³-hybridized carbons (Fsp3) is 0.588. The van der Waals surface area contributed by atoms with Gasteiger partial charge in [-0.1, -0.05) is 20.3 Å². The molecule has 1 atom stereocenters. The minimum atomic E-state index is 0.0714. The van der Waals surface area contributed by atoms with Crippen LogP contribution in [0.5, 0.6) is 0 Å². The Morgan fingerprint density at radius 2 is 2.21 bits per heavy atom. The Labute approximate surface area is 142 Å². The van der Waals surface area contributed by atoms with Gasteiger partial charge in [0.25, 0.3) is 5.91 Å². The number of hydrogen-bond donors (Lipinski definition) is 1. The van der Waals surface area contributed by atoms with Gasteiger partial charge in [-0.2, -0.15) is 5.10 Å². The third-order valence-electron chi connectivity index (χ3n) is 4.79. The van der Waals surface area contributed by atoms with Gasteiger partial charge in [0, 0.05) is 44.8 Å². The molecule has 1 saturated heterocycles. The van der Waals surface area contributed by atoms with Crippen molar-refractivity contribution in [3.05, 3.63) is 35.7 Å². The average Bonchev–Trinajstić information content (AvgIpc) is 3.23. The van der Waals surface area contributed by atoms with Crippen molar-refractivity contribution in [2.24, 2.45) is 7.05 Å². The van der Waals surface area contributed by atoms with Gasteiger partial charge in [-0.25, -0.2) is 4.98 Å². The highest BCUT2D eigenvalue weighted by atomic mass is 16.2. The predicted octanol–water partition coefficient (Wildman–Crippen LogP) is 1.61. The lowest BCUT2D eigenvalue weighted by atomic mass is 10.1. The van der Waals surface area contributed by atoms with Crippen LogP contribution in [-0.2, 0) is 13.5 Å². The number of imidazole rings is 1. The number of likely N-dealkylation sites (N-methyl/N-ethyl adjacent to an activating group) is 1. The molecule has 0 aromatic carbocycles. The summed E-state index contributed by atoms with van der Waals surface area (Å²) in [6.07, 6.45) is 7.27. The van der Waals surface area contributed by atoms with E-state index < -0.39 is 0 Å². The van der Waals surface area contributed by atoms with Gasteiger partial charge >= 0.3 is 0 Å². The van der Waals surface area contributed by atoms with E-state index in [0.717, 1.165) is 44.0 Å². The number of carbonyl (C=O) groups is 1. The molecule has 0 unspecified atom stereocenters. The topological polar surface area (TPSA) is 70.1 Å². The number of hydrogen-bond acceptors (Lipinski definition) is 4. The lowest BCUT2D eigenvalue weighted by Gasteiger charge is -2.40. The Balaban J connectivity index is 1.81. The Kier molecular flexibility index (Phi) is 4.99. The van der Waals surface area contributed by atoms with E-state index in [1.807, 2.05) is 28.9 Å². The van der Waals surface area contributed by atoms with Crippen molar-refractivity contribution in [3.8, 4) is 0 Å². The van der Waals surface area contributed by atoms with Crippen molar-refractivity contribution in [2.45, 2.75) is 32.7 Å². The molecule has 7 heteroatoms. The van der Waals surface area contributed by atoms with Crippen LogP contribution < -0.4 is 0 Å². The third-order valence-corrected chi connectivity index (χ3v) is 4.79. The maximum atomic E-state index is 13.0. The lowest BCUT2D eigenvalue weighted by molar-refractivity contribution is 0.0472. The summed E-state index contributed by atoms with van der Waals surface area (Å²) >= 11 is 0. The fourth-order valence-corrected chi connectivity index (χ4v) is 3.43. The number of H-pyrrole nitrogens is 1. The number of carbonyl (C=O) groups excluding carboxylic acids is 1. The first-order valence-electron chi connectivity index (χ1n) is 8.68. The molecule has 2 aromatic heterocycles. The standard InChI is InChI=1S/C17H26N6O/c1-4-6-14-13(11-19-20-14)17(24)23-10-9-22(5-2)15(12-23)16-18-7-8-21(16)3/h7-8,11,15H,4-6,9-10,12H2,1-3H3,(H,19,20)/t15-/m0/s1. The number of nitrogens with one attached hydrogen (secondary N) is 1. The van der Waals surface area contributed by atoms with E-state index in [1.165, 1.54) is 0 Å². The minimum Gasteiger partial charge on any atom is -0.337 e. The van der Waals surface area contributed by atoms with E-state index in [9.17, 15) is 4.79 Å². The second kappa shape index (κ2) is 7.17. The molecule has 1 fully saturated rings. The van der Waals surface area contributed by atoms with Crippen molar-refractivity contribution in [1.29, 1.82) is 0 Å². The van der Waals surface area contributed by atoms with Crippen molar-refractivity contribution < 1.29 is 4.79 Å². The van der Waals surface area contributed by atoms with Crippen LogP contribution in [0.1, 0.15) is 48.2 Å². The van der Waals surface area contributed by atoms with Crippen LogP contribution in [-0.4, -0.2) is 61.6 Å². The minimum absolute atomic E-state index is 0.0714. The van der Waals surface area contributed by atoms with Crippen molar-refractivity contribution in [3.63, 3.8) is 0 Å². The zero-order valence-electron chi connectivity index (χ0n) is 14.7. The largest absolute Gasteiger partial charge is 0.337 e. The molecular formula is C17H26N6O. The summed E-state index contributed by atoms with van der Waals surface area (Å²) in [4.78, 5) is 21.8. The molecule has 130 valence electrons. The number of rotatable bonds is 5. The zero-order chi connectivity index (χ0) is 17.1. The number of amides is 1. The fourth-order valence-electron chi connectivity index (χ4n) is 3.43. The van der Waals surface area contributed by atoms with E-state index >= 15 is 0 Å². The second-order valence-corrected chi connectivity index (χ2v) is 6.30. The van der Waals surface area contributed by atoms with Crippen LogP contribution in [0.2, 0.25) is 0 Å². The summed E-state index contributed by atoms with van der Waals surface area (Å²) in [5.41, 5.74) is 1.65. The summed E-state index contributed by atoms with van der Waals surface area (Å²) in [6.45, 7) is 7.47. The first kappa shape index (κ1) is 16.7. The molecule has 0 saturated carbocycles. The highest BCUT2D eigenvalue weighted by molar-refractivity contribution is 5.95. The molecule has 24 heavy (non-hydrogen) atoms. The SMILES string of the molecule is CCCc1[nH]ncc1C(=O)N1CCN(CC)[C@H](c2nccn2C)C1. The first-order chi connectivity index (χ1) is 11.7. The van der Waals surface area contributed by atoms with Gasteiger partial charge in [-0.05, 0) is 13.0 Å². The monoisotopic (exact) mass is 330 g/mol. The maximum absolute atomic E-state index is 13.0. The molecule has 3 rings (SSSR count). The molecule has 3 heterocycles. The number of aromatic amines is 1. The van der Waals surface area contributed by atoms with Gasteiger partial charge in [-0.3, -0.25) is 14.8 Å². The zero-order valence-corrected chi connectivity index (χ0v) is 14.7. The van der Waals surface area contributed by atoms with E-state index in [1.54, 1.807) is 6.20 Å². The highest BCUT2D eigenvalue weighted by Gasteiger charge is 2.33. The Morgan fingerprint density at radius 3 is 2.88 bits per heavy atom. The summed E-state index contributed by atoms with van der Waals surface area (Å²) < 4.78 is 2.04. The molecular weight excluding hydrogens is 304 g/mol. The van der Waals surface area contributed by atoms with Crippen LogP contribution in [0.15, 0.2) is 18.6 Å². The maximum Gasteiger partial charge on any atom is 0.257 e. The van der Waals surface area contributed by atoms with Crippen LogP contribution >= 0.6 is 0 Å². The first-order valence-corrected chi connectivity index (χ1v) is 8.68. The summed E-state index contributed by atoms with van der Waals surface area (Å²) in [7, 11) is 2.01. The van der Waals surface area contributed by atoms with Crippen molar-refractivity contribution >= 4 is 5.91 Å². The van der Waals surface area contributed by atoms with Gasteiger partial charge in [0.1, 0.15) is 5.82 Å². The second-order valence-electron chi connectivity index (χ2n) is 6.30. The Morgan fingerprint density at radius 1 is 1.38 bits per heavy atom. The van der Waals surface area contributed by atoms with Crippen molar-refractivity contribution in [1.82, 2.24) is 29.5 Å². The van der Waals surface area contributed by atoms with Gasteiger partial charge in [0.2, 0.25) is 0 Å². The van der Waals surface area contributed by atoms with Crippen molar-refractivity contribution in [2.75, 3.05) is 26.2 Å². The molecule has 0 aliphatic carbocycles. The van der Waals surface area contributed by atoms with E-state index in [4.69, 9.17) is 0 Å². The molecule has 1 aliphatic heterocycles. The van der Waals surface area contributed by atoms with E-state index in [2.05, 4.69) is 33.9 Å². The molecule has 0 radical (unpaired) electrons. The number of piperazine rings is 1. The molecule has 1 N–H and O–H groups in total. The summed E-state index contributed by atoms with van der Waals surface area (Å²) in [5.74, 6) is 1.08. The Bertz CT molecular complexity index is 691. The van der Waals surface area contributed by atoms with Gasteiger partial charge in [-0.15, -0.1) is 0 Å². The number of aromatic nitrogens is 4. The van der Waals surface area contributed by atoms with Crippen LogP contribution in [0, 0.1) is 0 Å². The van der Waals surface area contributed by atoms with Gasteiger partial charge in [0.15, 0.2) is 0 Å². The van der Waals surface area contributed by atoms with Crippen LogP contribution in [0.3, 0.4) is 0 Å². The third kappa shape index (κ3) is 3.08. The van der Waals surface area contributed by atoms with E-state index in [0.29, 0.717) is 12.1 Å². The summed E-state index contributed by atoms with van der Waals surface area (Å²) in [6, 6.07) is 0.134. The molecule has 1 aliphatic rings. The summed E-state index contributed by atoms with van der Waals surface area (Å²) in [5, 5.41) is 7.04. The number of nitrogens with zero attached hydrogens (tertiary/aromatic N) is 5. The van der Waals surface area contributed by atoms with Crippen LogP contribution in [0.25, 0.3) is 0 Å². The Hall–Kier alpha value is -2.15.